The minimum Gasteiger partial charge on any atom is -0.380 e. The second-order valence-corrected chi connectivity index (χ2v) is 4.03. The third-order valence-corrected chi connectivity index (χ3v) is 1.99. The molecule has 0 fully saturated rings. The van der Waals surface area contributed by atoms with Crippen molar-refractivity contribution in [2.24, 2.45) is 0 Å². The standard InChI is InChI=1S/C12H24N2O2/c1-5-6-8-16-9-7-13-11(4)12(15)14-10(2)3/h5,10-11,13H,1,6-9H2,2-4H3,(H,14,15). The number of carbonyl (C=O) groups is 1. The number of hydrogen-bond acceptors (Lipinski definition) is 3. The topological polar surface area (TPSA) is 50.4 Å². The van der Waals surface area contributed by atoms with Crippen molar-refractivity contribution in [1.29, 1.82) is 0 Å². The lowest BCUT2D eigenvalue weighted by Gasteiger charge is -2.15. The van der Waals surface area contributed by atoms with E-state index in [4.69, 9.17) is 4.74 Å². The van der Waals surface area contributed by atoms with E-state index in [0.29, 0.717) is 19.8 Å². The van der Waals surface area contributed by atoms with Crippen LogP contribution in [0.4, 0.5) is 0 Å². The molecule has 0 bridgehead atoms. The summed E-state index contributed by atoms with van der Waals surface area (Å²) in [7, 11) is 0. The fourth-order valence-corrected chi connectivity index (χ4v) is 1.12. The lowest BCUT2D eigenvalue weighted by atomic mass is 10.3. The van der Waals surface area contributed by atoms with Gasteiger partial charge in [0, 0.05) is 12.6 Å². The molecule has 0 aliphatic carbocycles. The molecule has 4 heteroatoms. The van der Waals surface area contributed by atoms with Crippen molar-refractivity contribution >= 4 is 5.91 Å². The van der Waals surface area contributed by atoms with E-state index in [2.05, 4.69) is 17.2 Å². The number of carbonyl (C=O) groups excluding carboxylic acids is 1. The first-order valence-corrected chi connectivity index (χ1v) is 5.80. The van der Waals surface area contributed by atoms with Crippen LogP contribution in [0.3, 0.4) is 0 Å². The van der Waals surface area contributed by atoms with Gasteiger partial charge < -0.3 is 15.4 Å². The Morgan fingerprint density at radius 3 is 2.62 bits per heavy atom. The first-order valence-electron chi connectivity index (χ1n) is 5.80. The van der Waals surface area contributed by atoms with Gasteiger partial charge in [0.15, 0.2) is 0 Å². The van der Waals surface area contributed by atoms with E-state index in [1.165, 1.54) is 0 Å². The molecule has 94 valence electrons. The number of nitrogens with one attached hydrogen (secondary N) is 2. The molecule has 0 heterocycles. The van der Waals surface area contributed by atoms with Crippen molar-refractivity contribution in [3.8, 4) is 0 Å². The quantitative estimate of drug-likeness (QED) is 0.459. The second-order valence-electron chi connectivity index (χ2n) is 4.03. The van der Waals surface area contributed by atoms with Crippen LogP contribution in [0.1, 0.15) is 27.2 Å². The van der Waals surface area contributed by atoms with Crippen molar-refractivity contribution in [3.05, 3.63) is 12.7 Å². The van der Waals surface area contributed by atoms with Crippen LogP contribution in [0.5, 0.6) is 0 Å². The van der Waals surface area contributed by atoms with Crippen molar-refractivity contribution in [2.75, 3.05) is 19.8 Å². The molecule has 2 N–H and O–H groups in total. The van der Waals surface area contributed by atoms with Gasteiger partial charge >= 0.3 is 0 Å². The van der Waals surface area contributed by atoms with Gasteiger partial charge in [-0.05, 0) is 27.2 Å². The van der Waals surface area contributed by atoms with E-state index < -0.39 is 0 Å². The van der Waals surface area contributed by atoms with Gasteiger partial charge in [0.1, 0.15) is 0 Å². The van der Waals surface area contributed by atoms with Crippen LogP contribution in [-0.2, 0) is 9.53 Å². The highest BCUT2D eigenvalue weighted by Crippen LogP contribution is 1.86. The summed E-state index contributed by atoms with van der Waals surface area (Å²) in [5, 5.41) is 5.95. The van der Waals surface area contributed by atoms with E-state index in [9.17, 15) is 4.79 Å². The van der Waals surface area contributed by atoms with E-state index in [1.807, 2.05) is 26.8 Å². The number of ether oxygens (including phenoxy) is 1. The molecule has 1 unspecified atom stereocenters. The highest BCUT2D eigenvalue weighted by molar-refractivity contribution is 5.81. The molecule has 0 saturated heterocycles. The van der Waals surface area contributed by atoms with Crippen molar-refractivity contribution < 1.29 is 9.53 Å². The third-order valence-electron chi connectivity index (χ3n) is 1.99. The first kappa shape index (κ1) is 15.1. The maximum atomic E-state index is 11.5. The Labute approximate surface area is 98.4 Å². The highest BCUT2D eigenvalue weighted by atomic mass is 16.5. The molecular formula is C12H24N2O2. The maximum Gasteiger partial charge on any atom is 0.237 e. The molecule has 1 atom stereocenters. The molecule has 0 rings (SSSR count). The Hall–Kier alpha value is -0.870. The monoisotopic (exact) mass is 228 g/mol. The Bertz CT molecular complexity index is 205. The van der Waals surface area contributed by atoms with Crippen LogP contribution in [-0.4, -0.2) is 37.7 Å². The average Bonchev–Trinajstić information content (AvgIpc) is 2.21. The first-order chi connectivity index (χ1) is 7.57. The van der Waals surface area contributed by atoms with E-state index in [0.717, 1.165) is 6.42 Å². The molecule has 16 heavy (non-hydrogen) atoms. The number of rotatable bonds is 9. The predicted octanol–water partition coefficient (Wildman–Crippen LogP) is 1.08. The number of amides is 1. The maximum absolute atomic E-state index is 11.5. The fraction of sp³-hybridized carbons (Fsp3) is 0.750. The molecule has 0 aromatic carbocycles. The summed E-state index contributed by atoms with van der Waals surface area (Å²) in [5.41, 5.74) is 0. The lowest BCUT2D eigenvalue weighted by molar-refractivity contribution is -0.123. The third kappa shape index (κ3) is 8.44. The lowest BCUT2D eigenvalue weighted by Crippen LogP contribution is -2.45. The molecule has 0 aliphatic rings. The van der Waals surface area contributed by atoms with Gasteiger partial charge in [0.05, 0.1) is 19.3 Å². The predicted molar refractivity (Wildman–Crippen MR) is 66.4 cm³/mol. The van der Waals surface area contributed by atoms with Gasteiger partial charge in [-0.15, -0.1) is 6.58 Å². The molecule has 0 aromatic rings. The summed E-state index contributed by atoms with van der Waals surface area (Å²) in [5.74, 6) is 0.0288. The largest absolute Gasteiger partial charge is 0.380 e. The van der Waals surface area contributed by atoms with Gasteiger partial charge in [-0.2, -0.15) is 0 Å². The van der Waals surface area contributed by atoms with Crippen LogP contribution >= 0.6 is 0 Å². The normalized spacial score (nSPS) is 12.5. The van der Waals surface area contributed by atoms with Crippen LogP contribution in [0.2, 0.25) is 0 Å². The zero-order valence-corrected chi connectivity index (χ0v) is 10.6. The molecular weight excluding hydrogens is 204 g/mol. The summed E-state index contributed by atoms with van der Waals surface area (Å²) in [4.78, 5) is 11.5. The van der Waals surface area contributed by atoms with Gasteiger partial charge in [0.2, 0.25) is 5.91 Å². The van der Waals surface area contributed by atoms with Crippen molar-refractivity contribution in [1.82, 2.24) is 10.6 Å². The van der Waals surface area contributed by atoms with Crippen molar-refractivity contribution in [3.63, 3.8) is 0 Å². The van der Waals surface area contributed by atoms with Gasteiger partial charge in [-0.3, -0.25) is 4.79 Å². The Balaban J connectivity index is 3.45. The van der Waals surface area contributed by atoms with Crippen LogP contribution in [0.15, 0.2) is 12.7 Å². The van der Waals surface area contributed by atoms with Gasteiger partial charge in [-0.25, -0.2) is 0 Å². The van der Waals surface area contributed by atoms with E-state index in [-0.39, 0.29) is 18.0 Å². The van der Waals surface area contributed by atoms with Gasteiger partial charge in [-0.1, -0.05) is 6.08 Å². The molecule has 0 saturated carbocycles. The summed E-state index contributed by atoms with van der Waals surface area (Å²) >= 11 is 0. The van der Waals surface area contributed by atoms with Gasteiger partial charge in [0.25, 0.3) is 0 Å². The second kappa shape index (κ2) is 9.36. The van der Waals surface area contributed by atoms with E-state index >= 15 is 0 Å². The summed E-state index contributed by atoms with van der Waals surface area (Å²) in [6.07, 6.45) is 2.69. The molecule has 0 spiro atoms. The number of hydrogen-bond donors (Lipinski definition) is 2. The summed E-state index contributed by atoms with van der Waals surface area (Å²) < 4.78 is 5.32. The molecule has 0 radical (unpaired) electrons. The Morgan fingerprint density at radius 1 is 1.38 bits per heavy atom. The minimum absolute atomic E-state index is 0.0288. The summed E-state index contributed by atoms with van der Waals surface area (Å²) in [6.45, 7) is 11.3. The fourth-order valence-electron chi connectivity index (χ4n) is 1.12. The highest BCUT2D eigenvalue weighted by Gasteiger charge is 2.11. The Kier molecular flexibility index (Phi) is 8.85. The van der Waals surface area contributed by atoms with Crippen molar-refractivity contribution in [2.45, 2.75) is 39.3 Å². The Morgan fingerprint density at radius 2 is 2.06 bits per heavy atom. The summed E-state index contributed by atoms with van der Waals surface area (Å²) in [6, 6.07) is 0.00555. The zero-order valence-electron chi connectivity index (χ0n) is 10.6. The van der Waals surface area contributed by atoms with Crippen LogP contribution in [0.25, 0.3) is 0 Å². The molecule has 0 aromatic heterocycles. The molecule has 1 amide bonds. The minimum atomic E-state index is -0.176. The smallest absolute Gasteiger partial charge is 0.237 e. The zero-order chi connectivity index (χ0) is 12.4. The SMILES string of the molecule is C=CCCOCCNC(C)C(=O)NC(C)C. The van der Waals surface area contributed by atoms with Crippen LogP contribution in [0, 0.1) is 0 Å². The van der Waals surface area contributed by atoms with E-state index in [1.54, 1.807) is 0 Å². The van der Waals surface area contributed by atoms with Crippen LogP contribution < -0.4 is 10.6 Å². The molecule has 4 nitrogen and oxygen atoms in total. The molecule has 0 aliphatic heterocycles. The average molecular weight is 228 g/mol.